The lowest BCUT2D eigenvalue weighted by molar-refractivity contribution is 0.0303. The standard InChI is InChI=1S/C25H22N2O3/c1-29-23-10-9-18-15-19(25(28)27-11-13-30-14-12-27)16-22(24(18)26-23)21-8-4-6-17-5-2-3-7-20(17)21/h2-10,15-16H,11-14H2,1H3. The van der Waals surface area contributed by atoms with Crippen LogP contribution in [-0.2, 0) is 4.74 Å². The van der Waals surface area contributed by atoms with Crippen molar-refractivity contribution in [2.75, 3.05) is 33.4 Å². The van der Waals surface area contributed by atoms with E-state index in [1.807, 2.05) is 47.4 Å². The number of morpholine rings is 1. The number of pyridine rings is 1. The lowest BCUT2D eigenvalue weighted by atomic mass is 9.94. The van der Waals surface area contributed by atoms with Crippen LogP contribution in [0.1, 0.15) is 10.4 Å². The van der Waals surface area contributed by atoms with Gasteiger partial charge in [-0.2, -0.15) is 0 Å². The van der Waals surface area contributed by atoms with Gasteiger partial charge in [-0.25, -0.2) is 4.98 Å². The number of rotatable bonds is 3. The molecule has 0 spiro atoms. The molecule has 1 fully saturated rings. The molecule has 0 bridgehead atoms. The molecular weight excluding hydrogens is 376 g/mol. The lowest BCUT2D eigenvalue weighted by Crippen LogP contribution is -2.40. The van der Waals surface area contributed by atoms with Gasteiger partial charge in [0.15, 0.2) is 0 Å². The summed E-state index contributed by atoms with van der Waals surface area (Å²) >= 11 is 0. The summed E-state index contributed by atoms with van der Waals surface area (Å²) in [7, 11) is 1.61. The van der Waals surface area contributed by atoms with Crippen LogP contribution in [0.15, 0.2) is 66.7 Å². The number of aromatic nitrogens is 1. The smallest absolute Gasteiger partial charge is 0.254 e. The van der Waals surface area contributed by atoms with E-state index in [0.29, 0.717) is 37.7 Å². The maximum Gasteiger partial charge on any atom is 0.254 e. The molecule has 1 amide bonds. The van der Waals surface area contributed by atoms with Crippen LogP contribution in [0.4, 0.5) is 0 Å². The molecule has 5 heteroatoms. The van der Waals surface area contributed by atoms with E-state index in [1.54, 1.807) is 7.11 Å². The third-order valence-corrected chi connectivity index (χ3v) is 5.60. The van der Waals surface area contributed by atoms with E-state index in [9.17, 15) is 4.79 Å². The summed E-state index contributed by atoms with van der Waals surface area (Å²) < 4.78 is 10.8. The van der Waals surface area contributed by atoms with Crippen LogP contribution in [-0.4, -0.2) is 49.2 Å². The molecule has 5 nitrogen and oxygen atoms in total. The van der Waals surface area contributed by atoms with Crippen LogP contribution < -0.4 is 4.74 Å². The summed E-state index contributed by atoms with van der Waals surface area (Å²) in [6.07, 6.45) is 0. The number of nitrogens with zero attached hydrogens (tertiary/aromatic N) is 2. The Morgan fingerprint density at radius 3 is 2.57 bits per heavy atom. The zero-order valence-corrected chi connectivity index (χ0v) is 16.8. The molecular formula is C25H22N2O3. The molecule has 0 atom stereocenters. The van der Waals surface area contributed by atoms with E-state index in [-0.39, 0.29) is 5.91 Å². The SMILES string of the molecule is COc1ccc2cc(C(=O)N3CCOCC3)cc(-c3cccc4ccccc34)c2n1. The van der Waals surface area contributed by atoms with Gasteiger partial charge >= 0.3 is 0 Å². The molecule has 1 aromatic heterocycles. The van der Waals surface area contributed by atoms with Crippen molar-refractivity contribution in [2.45, 2.75) is 0 Å². The van der Waals surface area contributed by atoms with Crippen molar-refractivity contribution in [3.05, 3.63) is 72.3 Å². The molecule has 1 saturated heterocycles. The first-order valence-electron chi connectivity index (χ1n) is 10.1. The van der Waals surface area contributed by atoms with Gasteiger partial charge in [-0.05, 0) is 34.5 Å². The highest BCUT2D eigenvalue weighted by Crippen LogP contribution is 2.35. The number of hydrogen-bond acceptors (Lipinski definition) is 4. The quantitative estimate of drug-likeness (QED) is 0.509. The molecule has 150 valence electrons. The minimum absolute atomic E-state index is 0.0255. The van der Waals surface area contributed by atoms with Crippen molar-refractivity contribution in [1.29, 1.82) is 0 Å². The number of ether oxygens (including phenoxy) is 2. The van der Waals surface area contributed by atoms with Gasteiger partial charge in [0.1, 0.15) is 0 Å². The van der Waals surface area contributed by atoms with Gasteiger partial charge in [-0.15, -0.1) is 0 Å². The van der Waals surface area contributed by atoms with Crippen molar-refractivity contribution < 1.29 is 14.3 Å². The highest BCUT2D eigenvalue weighted by Gasteiger charge is 2.21. The molecule has 1 aliphatic rings. The first-order valence-corrected chi connectivity index (χ1v) is 10.1. The Morgan fingerprint density at radius 2 is 1.73 bits per heavy atom. The van der Waals surface area contributed by atoms with Crippen LogP contribution in [0.5, 0.6) is 5.88 Å². The Bertz CT molecular complexity index is 1240. The average Bonchev–Trinajstić information content (AvgIpc) is 2.82. The molecule has 4 aromatic rings. The Labute approximate surface area is 174 Å². The predicted molar refractivity (Wildman–Crippen MR) is 118 cm³/mol. The number of fused-ring (bicyclic) bond motifs is 2. The van der Waals surface area contributed by atoms with Gasteiger partial charge in [0.25, 0.3) is 5.91 Å². The first-order chi connectivity index (χ1) is 14.7. The van der Waals surface area contributed by atoms with Gasteiger partial charge in [-0.1, -0.05) is 42.5 Å². The molecule has 5 rings (SSSR count). The fourth-order valence-electron chi connectivity index (χ4n) is 4.07. The fraction of sp³-hybridized carbons (Fsp3) is 0.200. The third-order valence-electron chi connectivity index (χ3n) is 5.60. The number of amides is 1. The van der Waals surface area contributed by atoms with E-state index < -0.39 is 0 Å². The Morgan fingerprint density at radius 1 is 0.933 bits per heavy atom. The summed E-state index contributed by atoms with van der Waals surface area (Å²) in [6, 6.07) is 22.2. The van der Waals surface area contributed by atoms with Gasteiger partial charge in [0.2, 0.25) is 5.88 Å². The monoisotopic (exact) mass is 398 g/mol. The zero-order chi connectivity index (χ0) is 20.5. The normalized spacial score (nSPS) is 14.2. The van der Waals surface area contributed by atoms with Crippen molar-refractivity contribution in [3.8, 4) is 17.0 Å². The number of methoxy groups -OCH3 is 1. The molecule has 0 N–H and O–H groups in total. The van der Waals surface area contributed by atoms with E-state index >= 15 is 0 Å². The minimum atomic E-state index is 0.0255. The summed E-state index contributed by atoms with van der Waals surface area (Å²) in [5.74, 6) is 0.578. The second kappa shape index (κ2) is 7.76. The second-order valence-corrected chi connectivity index (χ2v) is 7.38. The average molecular weight is 398 g/mol. The predicted octanol–water partition coefficient (Wildman–Crippen LogP) is 4.54. The van der Waals surface area contributed by atoms with Crippen molar-refractivity contribution >= 4 is 27.6 Å². The Balaban J connectivity index is 1.74. The maximum absolute atomic E-state index is 13.2. The number of carbonyl (C=O) groups excluding carboxylic acids is 1. The summed E-state index contributed by atoms with van der Waals surface area (Å²) in [6.45, 7) is 2.38. The van der Waals surface area contributed by atoms with Gasteiger partial charge < -0.3 is 14.4 Å². The van der Waals surface area contributed by atoms with Crippen LogP contribution >= 0.6 is 0 Å². The molecule has 0 saturated carbocycles. The third kappa shape index (κ3) is 3.27. The van der Waals surface area contributed by atoms with E-state index in [0.717, 1.165) is 32.8 Å². The molecule has 2 heterocycles. The highest BCUT2D eigenvalue weighted by molar-refractivity contribution is 6.08. The number of carbonyl (C=O) groups is 1. The van der Waals surface area contributed by atoms with Crippen LogP contribution in [0, 0.1) is 0 Å². The highest BCUT2D eigenvalue weighted by atomic mass is 16.5. The topological polar surface area (TPSA) is 51.7 Å². The number of benzene rings is 3. The largest absolute Gasteiger partial charge is 0.481 e. The molecule has 0 aliphatic carbocycles. The van der Waals surface area contributed by atoms with Crippen molar-refractivity contribution in [3.63, 3.8) is 0 Å². The molecule has 0 radical (unpaired) electrons. The van der Waals surface area contributed by atoms with Crippen LogP contribution in [0.3, 0.4) is 0 Å². The van der Waals surface area contributed by atoms with Gasteiger partial charge in [-0.3, -0.25) is 4.79 Å². The van der Waals surface area contributed by atoms with Crippen LogP contribution in [0.2, 0.25) is 0 Å². The maximum atomic E-state index is 13.2. The fourth-order valence-corrected chi connectivity index (χ4v) is 4.07. The summed E-state index contributed by atoms with van der Waals surface area (Å²) in [4.78, 5) is 19.8. The van der Waals surface area contributed by atoms with E-state index in [2.05, 4.69) is 24.3 Å². The molecule has 30 heavy (non-hydrogen) atoms. The number of hydrogen-bond donors (Lipinski definition) is 0. The second-order valence-electron chi connectivity index (χ2n) is 7.38. The van der Waals surface area contributed by atoms with Crippen molar-refractivity contribution in [2.24, 2.45) is 0 Å². The van der Waals surface area contributed by atoms with Gasteiger partial charge in [0, 0.05) is 35.7 Å². The Kier molecular flexibility index (Phi) is 4.81. The van der Waals surface area contributed by atoms with E-state index in [1.165, 1.54) is 0 Å². The Hall–Kier alpha value is -3.44. The zero-order valence-electron chi connectivity index (χ0n) is 16.8. The molecule has 1 aliphatic heterocycles. The van der Waals surface area contributed by atoms with Crippen LogP contribution in [0.25, 0.3) is 32.8 Å². The summed E-state index contributed by atoms with van der Waals surface area (Å²) in [5, 5.41) is 3.19. The molecule has 3 aromatic carbocycles. The van der Waals surface area contributed by atoms with E-state index in [4.69, 9.17) is 14.5 Å². The molecule has 0 unspecified atom stereocenters. The summed E-state index contributed by atoms with van der Waals surface area (Å²) in [5.41, 5.74) is 3.47. The van der Waals surface area contributed by atoms with Crippen molar-refractivity contribution in [1.82, 2.24) is 9.88 Å². The first kappa shape index (κ1) is 18.6. The van der Waals surface area contributed by atoms with Gasteiger partial charge in [0.05, 0.1) is 25.8 Å². The lowest BCUT2D eigenvalue weighted by Gasteiger charge is -2.27. The minimum Gasteiger partial charge on any atom is -0.481 e.